The molecule has 0 spiro atoms. The van der Waals surface area contributed by atoms with Gasteiger partial charge < -0.3 is 14.5 Å². The van der Waals surface area contributed by atoms with Crippen LogP contribution in [0.5, 0.6) is 5.75 Å². The molecule has 35 heavy (non-hydrogen) atoms. The monoisotopic (exact) mass is 469 g/mol. The number of aromatic nitrogens is 5. The largest absolute Gasteiger partial charge is 0.488 e. The highest BCUT2D eigenvalue weighted by atomic mass is 19.1. The number of H-pyrrole nitrogens is 1. The van der Waals surface area contributed by atoms with Crippen molar-refractivity contribution in [3.8, 4) is 28.4 Å². The van der Waals surface area contributed by atoms with Crippen molar-refractivity contribution in [2.75, 3.05) is 20.3 Å². The van der Waals surface area contributed by atoms with Gasteiger partial charge >= 0.3 is 0 Å². The molecule has 8 heteroatoms. The quantitative estimate of drug-likeness (QED) is 0.317. The van der Waals surface area contributed by atoms with Gasteiger partial charge in [0.05, 0.1) is 34.7 Å². The van der Waals surface area contributed by atoms with Gasteiger partial charge in [0.2, 0.25) is 0 Å². The third kappa shape index (κ3) is 5.02. The minimum Gasteiger partial charge on any atom is -0.488 e. The zero-order chi connectivity index (χ0) is 24.2. The summed E-state index contributed by atoms with van der Waals surface area (Å²) in [5.41, 5.74) is 6.65. The van der Waals surface area contributed by atoms with Crippen molar-refractivity contribution in [1.82, 2.24) is 24.9 Å². The maximum Gasteiger partial charge on any atom is 0.165 e. The van der Waals surface area contributed by atoms with E-state index in [1.807, 2.05) is 43.3 Å². The van der Waals surface area contributed by atoms with E-state index in [1.54, 1.807) is 31.6 Å². The van der Waals surface area contributed by atoms with Crippen LogP contribution in [0.4, 0.5) is 4.39 Å². The predicted molar refractivity (Wildman–Crippen MR) is 132 cm³/mol. The third-order valence-electron chi connectivity index (χ3n) is 5.55. The molecule has 0 aliphatic carbocycles. The molecule has 0 radical (unpaired) electrons. The summed E-state index contributed by atoms with van der Waals surface area (Å²) in [5, 5.41) is 0. The Bertz CT molecular complexity index is 1480. The predicted octanol–water partition coefficient (Wildman–Crippen LogP) is 5.15. The fraction of sp³-hybridized carbons (Fsp3) is 0.185. The van der Waals surface area contributed by atoms with Gasteiger partial charge in [0.1, 0.15) is 12.4 Å². The van der Waals surface area contributed by atoms with Crippen LogP contribution in [-0.4, -0.2) is 45.2 Å². The lowest BCUT2D eigenvalue weighted by atomic mass is 10.1. The molecule has 3 aromatic heterocycles. The van der Waals surface area contributed by atoms with Crippen LogP contribution >= 0.6 is 0 Å². The fourth-order valence-corrected chi connectivity index (χ4v) is 3.89. The first-order valence-corrected chi connectivity index (χ1v) is 11.2. The molecule has 7 nitrogen and oxygen atoms in total. The first-order valence-electron chi connectivity index (χ1n) is 11.2. The molecular formula is C27H24FN5O2. The smallest absolute Gasteiger partial charge is 0.165 e. The lowest BCUT2D eigenvalue weighted by Crippen LogP contribution is -2.06. The lowest BCUT2D eigenvalue weighted by Gasteiger charge is -2.08. The van der Waals surface area contributed by atoms with Crippen LogP contribution in [0.3, 0.4) is 0 Å². The number of halogens is 1. The van der Waals surface area contributed by atoms with Crippen molar-refractivity contribution < 1.29 is 13.9 Å². The second kappa shape index (κ2) is 9.99. The molecule has 2 aromatic carbocycles. The number of nitrogens with zero attached hydrogens (tertiary/aromatic N) is 4. The van der Waals surface area contributed by atoms with Crippen LogP contribution in [0.15, 0.2) is 67.0 Å². The number of aromatic amines is 1. The average molecular weight is 470 g/mol. The zero-order valence-corrected chi connectivity index (χ0v) is 19.5. The van der Waals surface area contributed by atoms with Gasteiger partial charge in [-0.2, -0.15) is 0 Å². The molecule has 0 unspecified atom stereocenters. The number of fused-ring (bicyclic) bond motifs is 1. The number of rotatable bonds is 8. The van der Waals surface area contributed by atoms with E-state index in [4.69, 9.17) is 19.4 Å². The van der Waals surface area contributed by atoms with Gasteiger partial charge in [-0.1, -0.05) is 18.2 Å². The molecule has 0 bridgehead atoms. The van der Waals surface area contributed by atoms with Gasteiger partial charge in [0.15, 0.2) is 11.6 Å². The van der Waals surface area contributed by atoms with Crippen molar-refractivity contribution in [2.24, 2.45) is 0 Å². The van der Waals surface area contributed by atoms with E-state index >= 15 is 0 Å². The minimum atomic E-state index is -0.410. The molecule has 0 amide bonds. The molecule has 0 saturated heterocycles. The molecule has 0 fully saturated rings. The third-order valence-corrected chi connectivity index (χ3v) is 5.55. The van der Waals surface area contributed by atoms with E-state index in [-0.39, 0.29) is 12.4 Å². The summed E-state index contributed by atoms with van der Waals surface area (Å²) in [6.45, 7) is 2.61. The molecule has 176 valence electrons. The molecule has 0 atom stereocenters. The highest BCUT2D eigenvalue weighted by Crippen LogP contribution is 2.31. The number of benzene rings is 2. The van der Waals surface area contributed by atoms with Crippen molar-refractivity contribution in [3.63, 3.8) is 0 Å². The summed E-state index contributed by atoms with van der Waals surface area (Å²) >= 11 is 0. The van der Waals surface area contributed by atoms with Gasteiger partial charge in [0.25, 0.3) is 0 Å². The summed E-state index contributed by atoms with van der Waals surface area (Å²) in [6.07, 6.45) is 3.81. The highest BCUT2D eigenvalue weighted by Gasteiger charge is 2.17. The van der Waals surface area contributed by atoms with Crippen LogP contribution in [0.25, 0.3) is 33.7 Å². The number of ether oxygens (including phenoxy) is 2. The van der Waals surface area contributed by atoms with E-state index < -0.39 is 5.82 Å². The number of pyridine rings is 1. The standard InChI is InChI=1S/C27H24FN5O2/c1-17-4-3-5-22(31-17)27-26(19-7-9-21-23(16-19)30-11-10-29-21)32-25(33-27)15-18-6-8-20(28)24(14-18)35-13-12-34-2/h3-11,14,16H,12-13,15H2,1-2H3,(H,32,33). The molecule has 3 heterocycles. The topological polar surface area (TPSA) is 85.8 Å². The molecule has 5 aromatic rings. The van der Waals surface area contributed by atoms with Crippen LogP contribution in [-0.2, 0) is 11.2 Å². The minimum absolute atomic E-state index is 0.194. The highest BCUT2D eigenvalue weighted by molar-refractivity contribution is 5.84. The Balaban J connectivity index is 1.53. The van der Waals surface area contributed by atoms with Crippen LogP contribution in [0, 0.1) is 12.7 Å². The van der Waals surface area contributed by atoms with Crippen molar-refractivity contribution in [1.29, 1.82) is 0 Å². The summed E-state index contributed by atoms with van der Waals surface area (Å²) in [5.74, 6) is 0.513. The van der Waals surface area contributed by atoms with E-state index in [1.165, 1.54) is 6.07 Å². The summed E-state index contributed by atoms with van der Waals surface area (Å²) in [4.78, 5) is 21.8. The van der Waals surface area contributed by atoms with Crippen LogP contribution in [0.2, 0.25) is 0 Å². The van der Waals surface area contributed by atoms with E-state index in [9.17, 15) is 4.39 Å². The Hall–Kier alpha value is -4.17. The van der Waals surface area contributed by atoms with Gasteiger partial charge in [-0.25, -0.2) is 9.37 Å². The molecule has 0 aliphatic heterocycles. The normalized spacial score (nSPS) is 11.2. The Morgan fingerprint density at radius 1 is 0.914 bits per heavy atom. The Morgan fingerprint density at radius 3 is 2.60 bits per heavy atom. The number of aryl methyl sites for hydroxylation is 1. The number of methoxy groups -OCH3 is 1. The zero-order valence-electron chi connectivity index (χ0n) is 19.5. The van der Waals surface area contributed by atoms with Gasteiger partial charge in [-0.05, 0) is 48.9 Å². The van der Waals surface area contributed by atoms with Gasteiger partial charge in [-0.15, -0.1) is 0 Å². The number of hydrogen-bond donors (Lipinski definition) is 1. The maximum absolute atomic E-state index is 14.2. The maximum atomic E-state index is 14.2. The molecule has 5 rings (SSSR count). The van der Waals surface area contributed by atoms with E-state index in [0.29, 0.717) is 13.0 Å². The lowest BCUT2D eigenvalue weighted by molar-refractivity contribution is 0.144. The Morgan fingerprint density at radius 2 is 1.77 bits per heavy atom. The number of nitrogens with one attached hydrogen (secondary N) is 1. The van der Waals surface area contributed by atoms with Crippen molar-refractivity contribution in [3.05, 3.63) is 89.9 Å². The first kappa shape index (κ1) is 22.6. The van der Waals surface area contributed by atoms with E-state index in [2.05, 4.69) is 15.0 Å². The SMILES string of the molecule is COCCOc1cc(Cc2nc(-c3ccc4nccnc4c3)c(-c3cccc(C)n3)[nH]2)ccc1F. The summed E-state index contributed by atoms with van der Waals surface area (Å²) in [7, 11) is 1.58. The second-order valence-electron chi connectivity index (χ2n) is 8.11. The molecule has 0 saturated carbocycles. The van der Waals surface area contributed by atoms with Gasteiger partial charge in [0, 0.05) is 37.2 Å². The van der Waals surface area contributed by atoms with Crippen molar-refractivity contribution in [2.45, 2.75) is 13.3 Å². The average Bonchev–Trinajstić information content (AvgIpc) is 3.29. The van der Waals surface area contributed by atoms with Crippen molar-refractivity contribution >= 4 is 11.0 Å². The van der Waals surface area contributed by atoms with Crippen LogP contribution in [0.1, 0.15) is 17.1 Å². The fourth-order valence-electron chi connectivity index (χ4n) is 3.89. The first-order chi connectivity index (χ1) is 17.1. The number of hydrogen-bond acceptors (Lipinski definition) is 6. The molecular weight excluding hydrogens is 445 g/mol. The van der Waals surface area contributed by atoms with Gasteiger partial charge in [-0.3, -0.25) is 15.0 Å². The number of imidazole rings is 1. The second-order valence-corrected chi connectivity index (χ2v) is 8.11. The molecule has 1 N–H and O–H groups in total. The summed E-state index contributed by atoms with van der Waals surface area (Å²) < 4.78 is 24.7. The summed E-state index contributed by atoms with van der Waals surface area (Å²) in [6, 6.07) is 16.6. The molecule has 0 aliphatic rings. The van der Waals surface area contributed by atoms with E-state index in [0.717, 1.165) is 50.8 Å². The Labute approximate surface area is 202 Å². The van der Waals surface area contributed by atoms with Crippen LogP contribution < -0.4 is 4.74 Å². The Kier molecular flexibility index (Phi) is 6.45.